The molecule has 1 saturated heterocycles. The second-order valence-corrected chi connectivity index (χ2v) is 7.56. The Morgan fingerprint density at radius 1 is 1.10 bits per heavy atom. The Balaban J connectivity index is 1.53. The summed E-state index contributed by atoms with van der Waals surface area (Å²) in [5, 5.41) is 15.4. The lowest BCUT2D eigenvalue weighted by Crippen LogP contribution is -2.48. The van der Waals surface area contributed by atoms with Gasteiger partial charge in [-0.15, -0.1) is 0 Å². The lowest BCUT2D eigenvalue weighted by Gasteiger charge is -2.33. The second-order valence-electron chi connectivity index (χ2n) is 7.56. The van der Waals surface area contributed by atoms with Crippen LogP contribution in [0.2, 0.25) is 0 Å². The summed E-state index contributed by atoms with van der Waals surface area (Å²) in [4.78, 5) is 6.69. The van der Waals surface area contributed by atoms with E-state index >= 15 is 0 Å². The van der Waals surface area contributed by atoms with Crippen molar-refractivity contribution in [3.05, 3.63) is 70.5 Å². The zero-order valence-electron chi connectivity index (χ0n) is 17.5. The summed E-state index contributed by atoms with van der Waals surface area (Å²) in [6.45, 7) is 5.03. The van der Waals surface area contributed by atoms with Crippen LogP contribution in [0.1, 0.15) is 36.5 Å². The van der Waals surface area contributed by atoms with Crippen molar-refractivity contribution in [1.82, 2.24) is 15.5 Å². The van der Waals surface area contributed by atoms with Crippen molar-refractivity contribution in [1.29, 1.82) is 5.26 Å². The lowest BCUT2D eigenvalue weighted by molar-refractivity contribution is 0.198. The predicted octanol–water partition coefficient (Wildman–Crippen LogP) is 3.70. The quantitative estimate of drug-likeness (QED) is 0.543. The molecule has 0 bridgehead atoms. The lowest BCUT2D eigenvalue weighted by atomic mass is 10.0. The number of hydrogen-bond donors (Lipinski definition) is 2. The number of nitriles is 1. The summed E-state index contributed by atoms with van der Waals surface area (Å²) in [6.07, 6.45) is 1.75. The van der Waals surface area contributed by atoms with Gasteiger partial charge in [-0.1, -0.05) is 12.1 Å². The van der Waals surface area contributed by atoms with E-state index in [0.29, 0.717) is 24.6 Å². The Bertz CT molecular complexity index is 962. The molecule has 0 unspecified atom stereocenters. The molecule has 5 nitrogen and oxygen atoms in total. The SMILES string of the molecule is CCNC(=NCc1ccc(C#N)cc1F)NC1CCN(Cc2ccc(F)c(F)c2)CC1. The summed E-state index contributed by atoms with van der Waals surface area (Å²) in [6, 6.07) is 10.5. The van der Waals surface area contributed by atoms with Crippen LogP contribution in [0.15, 0.2) is 41.4 Å². The molecule has 0 aliphatic carbocycles. The van der Waals surface area contributed by atoms with E-state index in [1.54, 1.807) is 18.2 Å². The van der Waals surface area contributed by atoms with E-state index < -0.39 is 17.5 Å². The molecule has 0 radical (unpaired) electrons. The van der Waals surface area contributed by atoms with Gasteiger partial charge in [0.2, 0.25) is 0 Å². The van der Waals surface area contributed by atoms with Gasteiger partial charge in [-0.25, -0.2) is 18.2 Å². The van der Waals surface area contributed by atoms with Crippen molar-refractivity contribution in [2.24, 2.45) is 4.99 Å². The Morgan fingerprint density at radius 2 is 1.87 bits per heavy atom. The average Bonchev–Trinajstić information content (AvgIpc) is 2.76. The second kappa shape index (κ2) is 10.8. The number of nitrogens with one attached hydrogen (secondary N) is 2. The van der Waals surface area contributed by atoms with Gasteiger partial charge in [0.05, 0.1) is 18.2 Å². The van der Waals surface area contributed by atoms with E-state index in [1.807, 2.05) is 13.0 Å². The highest BCUT2D eigenvalue weighted by Crippen LogP contribution is 2.16. The smallest absolute Gasteiger partial charge is 0.191 e. The fourth-order valence-corrected chi connectivity index (χ4v) is 3.55. The van der Waals surface area contributed by atoms with Gasteiger partial charge in [-0.2, -0.15) is 5.26 Å². The first-order chi connectivity index (χ1) is 15.0. The maximum Gasteiger partial charge on any atom is 0.191 e. The maximum atomic E-state index is 14.1. The highest BCUT2D eigenvalue weighted by Gasteiger charge is 2.20. The highest BCUT2D eigenvalue weighted by atomic mass is 19.2. The first-order valence-corrected chi connectivity index (χ1v) is 10.4. The Kier molecular flexibility index (Phi) is 7.90. The predicted molar refractivity (Wildman–Crippen MR) is 114 cm³/mol. The topological polar surface area (TPSA) is 63.5 Å². The zero-order valence-corrected chi connectivity index (χ0v) is 17.5. The normalized spacial score (nSPS) is 15.5. The molecule has 8 heteroatoms. The number of benzene rings is 2. The minimum absolute atomic E-state index is 0.169. The van der Waals surface area contributed by atoms with Crippen LogP contribution in [0, 0.1) is 28.8 Å². The molecular formula is C23H26F3N5. The van der Waals surface area contributed by atoms with Crippen LogP contribution in [-0.2, 0) is 13.1 Å². The van der Waals surface area contributed by atoms with Gasteiger partial charge in [0.15, 0.2) is 17.6 Å². The molecule has 0 atom stereocenters. The van der Waals surface area contributed by atoms with Gasteiger partial charge in [0, 0.05) is 37.8 Å². The van der Waals surface area contributed by atoms with Crippen LogP contribution in [-0.4, -0.2) is 36.5 Å². The fraction of sp³-hybridized carbons (Fsp3) is 0.391. The molecule has 1 heterocycles. The Morgan fingerprint density at radius 3 is 2.52 bits per heavy atom. The molecule has 1 fully saturated rings. The van der Waals surface area contributed by atoms with E-state index in [0.717, 1.165) is 37.6 Å². The highest BCUT2D eigenvalue weighted by molar-refractivity contribution is 5.80. The van der Waals surface area contributed by atoms with Crippen LogP contribution < -0.4 is 10.6 Å². The standard InChI is InChI=1S/C23H26F3N5/c1-2-28-23(29-14-18-5-3-16(13-27)11-21(18)25)30-19-7-9-31(10-8-19)15-17-4-6-20(24)22(26)12-17/h3-6,11-12,19H,2,7-10,14-15H2,1H3,(H2,28,29,30). The van der Waals surface area contributed by atoms with Crippen molar-refractivity contribution >= 4 is 5.96 Å². The van der Waals surface area contributed by atoms with Crippen LogP contribution in [0.25, 0.3) is 0 Å². The van der Waals surface area contributed by atoms with Gasteiger partial charge in [-0.3, -0.25) is 4.90 Å². The molecule has 0 amide bonds. The van der Waals surface area contributed by atoms with Gasteiger partial charge >= 0.3 is 0 Å². The Labute approximate surface area is 180 Å². The van der Waals surface area contributed by atoms with E-state index in [1.165, 1.54) is 12.1 Å². The number of nitrogens with zero attached hydrogens (tertiary/aromatic N) is 3. The van der Waals surface area contributed by atoms with Gasteiger partial charge < -0.3 is 10.6 Å². The minimum Gasteiger partial charge on any atom is -0.357 e. The number of aliphatic imine (C=N–C) groups is 1. The number of halogens is 3. The molecule has 1 aliphatic rings. The van der Waals surface area contributed by atoms with E-state index in [4.69, 9.17) is 5.26 Å². The molecule has 0 saturated carbocycles. The van der Waals surface area contributed by atoms with Gasteiger partial charge in [0.1, 0.15) is 5.82 Å². The third-order valence-corrected chi connectivity index (χ3v) is 5.25. The van der Waals surface area contributed by atoms with Crippen molar-refractivity contribution < 1.29 is 13.2 Å². The van der Waals surface area contributed by atoms with Crippen molar-refractivity contribution in [3.63, 3.8) is 0 Å². The molecule has 164 valence electrons. The summed E-state index contributed by atoms with van der Waals surface area (Å²) >= 11 is 0. The third kappa shape index (κ3) is 6.46. The summed E-state index contributed by atoms with van der Waals surface area (Å²) in [7, 11) is 0. The number of likely N-dealkylation sites (tertiary alicyclic amines) is 1. The third-order valence-electron chi connectivity index (χ3n) is 5.25. The molecule has 0 aromatic heterocycles. The molecule has 2 N–H and O–H groups in total. The molecule has 1 aliphatic heterocycles. The summed E-state index contributed by atoms with van der Waals surface area (Å²) < 4.78 is 40.6. The molecule has 2 aromatic rings. The molecule has 3 rings (SSSR count). The van der Waals surface area contributed by atoms with Crippen LogP contribution in [0.5, 0.6) is 0 Å². The monoisotopic (exact) mass is 429 g/mol. The fourth-order valence-electron chi connectivity index (χ4n) is 3.55. The summed E-state index contributed by atoms with van der Waals surface area (Å²) in [5.41, 5.74) is 1.47. The van der Waals surface area contributed by atoms with Crippen molar-refractivity contribution in [3.8, 4) is 6.07 Å². The number of piperidine rings is 1. The average molecular weight is 429 g/mol. The largest absolute Gasteiger partial charge is 0.357 e. The number of rotatable bonds is 6. The molecule has 0 spiro atoms. The van der Waals surface area contributed by atoms with Gasteiger partial charge in [0.25, 0.3) is 0 Å². The van der Waals surface area contributed by atoms with Crippen molar-refractivity contribution in [2.75, 3.05) is 19.6 Å². The van der Waals surface area contributed by atoms with Crippen LogP contribution in [0.3, 0.4) is 0 Å². The van der Waals surface area contributed by atoms with E-state index in [-0.39, 0.29) is 18.2 Å². The number of hydrogen-bond acceptors (Lipinski definition) is 3. The molecule has 31 heavy (non-hydrogen) atoms. The van der Waals surface area contributed by atoms with Gasteiger partial charge in [-0.05, 0) is 49.6 Å². The first kappa shape index (κ1) is 22.6. The summed E-state index contributed by atoms with van der Waals surface area (Å²) in [5.74, 6) is -1.48. The van der Waals surface area contributed by atoms with Crippen LogP contribution >= 0.6 is 0 Å². The maximum absolute atomic E-state index is 14.1. The molecular weight excluding hydrogens is 403 g/mol. The van der Waals surface area contributed by atoms with Crippen LogP contribution in [0.4, 0.5) is 13.2 Å². The molecule has 2 aromatic carbocycles. The first-order valence-electron chi connectivity index (χ1n) is 10.4. The van der Waals surface area contributed by atoms with E-state index in [9.17, 15) is 13.2 Å². The van der Waals surface area contributed by atoms with E-state index in [2.05, 4.69) is 20.5 Å². The minimum atomic E-state index is -0.831. The number of guanidine groups is 1. The Hall–Kier alpha value is -3.05. The van der Waals surface area contributed by atoms with Crippen molar-refractivity contribution in [2.45, 2.75) is 38.9 Å². The zero-order chi connectivity index (χ0) is 22.2.